The molecule has 0 aromatic heterocycles. The third kappa shape index (κ3) is 3.30. The van der Waals surface area contributed by atoms with Gasteiger partial charge in [0.1, 0.15) is 0 Å². The van der Waals surface area contributed by atoms with E-state index in [4.69, 9.17) is 0 Å². The van der Waals surface area contributed by atoms with Gasteiger partial charge in [-0.15, -0.1) is 0 Å². The average molecular weight is 321 g/mol. The van der Waals surface area contributed by atoms with E-state index < -0.39 is 6.04 Å². The van der Waals surface area contributed by atoms with Crippen molar-refractivity contribution in [2.45, 2.75) is 19.9 Å². The number of carbonyl (C=O) groups is 2. The summed E-state index contributed by atoms with van der Waals surface area (Å²) in [5, 5.41) is 8.39. The van der Waals surface area contributed by atoms with Crippen LogP contribution in [0.15, 0.2) is 65.9 Å². The van der Waals surface area contributed by atoms with Gasteiger partial charge in [0.2, 0.25) is 0 Å². The summed E-state index contributed by atoms with van der Waals surface area (Å²) < 4.78 is 0. The Kier molecular flexibility index (Phi) is 4.33. The molecule has 0 saturated carbocycles. The van der Waals surface area contributed by atoms with Gasteiger partial charge in [0.25, 0.3) is 5.91 Å². The first-order chi connectivity index (χ1) is 11.5. The van der Waals surface area contributed by atoms with Crippen LogP contribution in [0.2, 0.25) is 0 Å². The van der Waals surface area contributed by atoms with Crippen molar-refractivity contribution in [3.05, 3.63) is 77.0 Å². The molecule has 0 saturated heterocycles. The molecule has 2 aromatic rings. The SMILES string of the molecule is CC1=C(C(=O)Nc2ccc(C)cc2)[C@@H](c2ccccc2)NC(=O)N1. The Bertz CT molecular complexity index is 795. The van der Waals surface area contributed by atoms with Crippen molar-refractivity contribution in [2.24, 2.45) is 0 Å². The van der Waals surface area contributed by atoms with E-state index in [1.165, 1.54) is 0 Å². The van der Waals surface area contributed by atoms with Gasteiger partial charge in [-0.3, -0.25) is 4.79 Å². The second-order valence-electron chi connectivity index (χ2n) is 5.80. The first-order valence-corrected chi connectivity index (χ1v) is 7.76. The van der Waals surface area contributed by atoms with E-state index in [0.29, 0.717) is 11.3 Å². The molecule has 0 bridgehead atoms. The fraction of sp³-hybridized carbons (Fsp3) is 0.158. The minimum absolute atomic E-state index is 0.238. The predicted octanol–water partition coefficient (Wildman–Crippen LogP) is 3.26. The summed E-state index contributed by atoms with van der Waals surface area (Å²) in [7, 11) is 0. The minimum atomic E-state index is -0.481. The molecule has 0 spiro atoms. The summed E-state index contributed by atoms with van der Waals surface area (Å²) in [6.45, 7) is 3.73. The lowest BCUT2D eigenvalue weighted by Crippen LogP contribution is -2.45. The topological polar surface area (TPSA) is 70.2 Å². The third-order valence-corrected chi connectivity index (χ3v) is 3.96. The maximum absolute atomic E-state index is 12.8. The number of benzene rings is 2. The number of rotatable bonds is 3. The van der Waals surface area contributed by atoms with Crippen LogP contribution < -0.4 is 16.0 Å². The lowest BCUT2D eigenvalue weighted by Gasteiger charge is -2.28. The summed E-state index contributed by atoms with van der Waals surface area (Å²) >= 11 is 0. The van der Waals surface area contributed by atoms with E-state index in [-0.39, 0.29) is 11.9 Å². The largest absolute Gasteiger partial charge is 0.327 e. The Balaban J connectivity index is 1.92. The molecule has 1 atom stereocenters. The number of nitrogens with one attached hydrogen (secondary N) is 3. The number of aryl methyl sites for hydroxylation is 1. The third-order valence-electron chi connectivity index (χ3n) is 3.96. The Labute approximate surface area is 140 Å². The normalized spacial score (nSPS) is 17.1. The van der Waals surface area contributed by atoms with E-state index in [0.717, 1.165) is 16.8 Å². The Morgan fingerprint density at radius 2 is 1.67 bits per heavy atom. The van der Waals surface area contributed by atoms with E-state index in [1.807, 2.05) is 61.5 Å². The maximum Gasteiger partial charge on any atom is 0.319 e. The fourth-order valence-electron chi connectivity index (χ4n) is 2.73. The van der Waals surface area contributed by atoms with Gasteiger partial charge in [-0.1, -0.05) is 48.0 Å². The van der Waals surface area contributed by atoms with Crippen LogP contribution in [-0.4, -0.2) is 11.9 Å². The smallest absolute Gasteiger partial charge is 0.319 e. The van der Waals surface area contributed by atoms with Crippen molar-refractivity contribution < 1.29 is 9.59 Å². The molecule has 3 amide bonds. The van der Waals surface area contributed by atoms with Crippen molar-refractivity contribution in [2.75, 3.05) is 5.32 Å². The van der Waals surface area contributed by atoms with Crippen LogP contribution in [0.5, 0.6) is 0 Å². The molecule has 0 radical (unpaired) electrons. The van der Waals surface area contributed by atoms with Crippen molar-refractivity contribution in [3.63, 3.8) is 0 Å². The first kappa shape index (κ1) is 15.8. The quantitative estimate of drug-likeness (QED) is 0.812. The molecule has 5 heteroatoms. The summed E-state index contributed by atoms with van der Waals surface area (Å²) in [5.74, 6) is -0.238. The maximum atomic E-state index is 12.8. The average Bonchev–Trinajstić information content (AvgIpc) is 2.57. The number of amides is 3. The van der Waals surface area contributed by atoms with Crippen molar-refractivity contribution in [1.29, 1.82) is 0 Å². The number of carbonyl (C=O) groups excluding carboxylic acids is 2. The van der Waals surface area contributed by atoms with Crippen LogP contribution in [0.4, 0.5) is 10.5 Å². The summed E-state index contributed by atoms with van der Waals surface area (Å²) in [4.78, 5) is 24.6. The zero-order chi connectivity index (χ0) is 17.1. The zero-order valence-electron chi connectivity index (χ0n) is 13.6. The highest BCUT2D eigenvalue weighted by molar-refractivity contribution is 6.06. The van der Waals surface area contributed by atoms with Gasteiger partial charge in [0, 0.05) is 11.4 Å². The van der Waals surface area contributed by atoms with E-state index in [1.54, 1.807) is 6.92 Å². The van der Waals surface area contributed by atoms with Crippen LogP contribution in [0.1, 0.15) is 24.1 Å². The molecule has 122 valence electrons. The number of anilines is 1. The number of hydrogen-bond acceptors (Lipinski definition) is 2. The van der Waals surface area contributed by atoms with Crippen LogP contribution in [0.3, 0.4) is 0 Å². The highest BCUT2D eigenvalue weighted by Gasteiger charge is 2.30. The molecule has 0 fully saturated rings. The molecular weight excluding hydrogens is 302 g/mol. The Hall–Kier alpha value is -3.08. The minimum Gasteiger partial charge on any atom is -0.327 e. The molecule has 0 aliphatic carbocycles. The molecule has 1 aliphatic heterocycles. The first-order valence-electron chi connectivity index (χ1n) is 7.76. The van der Waals surface area contributed by atoms with Gasteiger partial charge >= 0.3 is 6.03 Å². The van der Waals surface area contributed by atoms with Gasteiger partial charge in [0.05, 0.1) is 11.6 Å². The zero-order valence-corrected chi connectivity index (χ0v) is 13.6. The van der Waals surface area contributed by atoms with Crippen LogP contribution in [0.25, 0.3) is 0 Å². The van der Waals surface area contributed by atoms with Crippen molar-refractivity contribution in [3.8, 4) is 0 Å². The Morgan fingerprint density at radius 1 is 1.00 bits per heavy atom. The molecule has 1 aliphatic rings. The van der Waals surface area contributed by atoms with E-state index >= 15 is 0 Å². The van der Waals surface area contributed by atoms with Crippen LogP contribution in [0, 0.1) is 6.92 Å². The molecule has 0 unspecified atom stereocenters. The van der Waals surface area contributed by atoms with Gasteiger partial charge < -0.3 is 16.0 Å². The standard InChI is InChI=1S/C19H19N3O2/c1-12-8-10-15(11-9-12)21-18(23)16-13(2)20-19(24)22-17(16)14-6-4-3-5-7-14/h3-11,17H,1-2H3,(H,21,23)(H2,20,22,24)/t17-/m1/s1. The predicted molar refractivity (Wildman–Crippen MR) is 93.4 cm³/mol. The molecule has 2 aromatic carbocycles. The van der Waals surface area contributed by atoms with Crippen LogP contribution >= 0.6 is 0 Å². The van der Waals surface area contributed by atoms with Gasteiger partial charge in [-0.2, -0.15) is 0 Å². The molecule has 5 nitrogen and oxygen atoms in total. The second kappa shape index (κ2) is 6.58. The summed E-state index contributed by atoms with van der Waals surface area (Å²) in [5.41, 5.74) is 3.76. The van der Waals surface area contributed by atoms with Crippen molar-refractivity contribution >= 4 is 17.6 Å². The monoisotopic (exact) mass is 321 g/mol. The lowest BCUT2D eigenvalue weighted by atomic mass is 9.95. The van der Waals surface area contributed by atoms with Crippen molar-refractivity contribution in [1.82, 2.24) is 10.6 Å². The second-order valence-corrected chi connectivity index (χ2v) is 5.80. The van der Waals surface area contributed by atoms with Gasteiger partial charge in [-0.25, -0.2) is 4.79 Å². The molecule has 3 rings (SSSR count). The highest BCUT2D eigenvalue weighted by Crippen LogP contribution is 2.27. The molecular formula is C19H19N3O2. The van der Waals surface area contributed by atoms with E-state index in [2.05, 4.69) is 16.0 Å². The van der Waals surface area contributed by atoms with Gasteiger partial charge in [-0.05, 0) is 31.5 Å². The van der Waals surface area contributed by atoms with Crippen LogP contribution in [-0.2, 0) is 4.79 Å². The Morgan fingerprint density at radius 3 is 2.33 bits per heavy atom. The molecule has 1 heterocycles. The number of allylic oxidation sites excluding steroid dienone is 1. The molecule has 3 N–H and O–H groups in total. The molecule has 24 heavy (non-hydrogen) atoms. The fourth-order valence-corrected chi connectivity index (χ4v) is 2.73. The lowest BCUT2D eigenvalue weighted by molar-refractivity contribution is -0.113. The highest BCUT2D eigenvalue weighted by atomic mass is 16.2. The summed E-state index contributed by atoms with van der Waals surface area (Å²) in [6.07, 6.45) is 0. The number of hydrogen-bond donors (Lipinski definition) is 3. The summed E-state index contributed by atoms with van der Waals surface area (Å²) in [6, 6.07) is 16.2. The van der Waals surface area contributed by atoms with E-state index in [9.17, 15) is 9.59 Å². The number of urea groups is 1. The van der Waals surface area contributed by atoms with Gasteiger partial charge in [0.15, 0.2) is 0 Å².